The highest BCUT2D eigenvalue weighted by Crippen LogP contribution is 2.25. The third-order valence-electron chi connectivity index (χ3n) is 3.93. The molecule has 6 heteroatoms. The molecular weight excluding hydrogens is 338 g/mol. The van der Waals surface area contributed by atoms with E-state index in [9.17, 15) is 4.79 Å². The normalized spacial score (nSPS) is 10.1. The molecule has 3 rings (SSSR count). The van der Waals surface area contributed by atoms with E-state index in [1.54, 1.807) is 19.2 Å². The van der Waals surface area contributed by atoms with Gasteiger partial charge in [-0.2, -0.15) is 0 Å². The number of hydrogen-bond acceptors (Lipinski definition) is 4. The van der Waals surface area contributed by atoms with Crippen molar-refractivity contribution < 1.29 is 4.79 Å². The van der Waals surface area contributed by atoms with Crippen LogP contribution in [0.25, 0.3) is 10.9 Å². The van der Waals surface area contributed by atoms with Gasteiger partial charge in [-0.1, -0.05) is 18.1 Å². The van der Waals surface area contributed by atoms with Crippen LogP contribution in [-0.4, -0.2) is 34.5 Å². The van der Waals surface area contributed by atoms with Crippen molar-refractivity contribution in [3.8, 4) is 12.3 Å². The van der Waals surface area contributed by atoms with Crippen molar-refractivity contribution in [2.24, 2.45) is 0 Å². The second kappa shape index (κ2) is 8.02. The molecule has 0 aliphatic heterocycles. The molecule has 2 amide bonds. The maximum absolute atomic E-state index is 12.1. The van der Waals surface area contributed by atoms with Gasteiger partial charge in [-0.15, -0.1) is 13.0 Å². The van der Waals surface area contributed by atoms with Crippen LogP contribution < -0.4 is 10.6 Å². The fourth-order valence-corrected chi connectivity index (χ4v) is 2.55. The van der Waals surface area contributed by atoms with Crippen LogP contribution in [0.5, 0.6) is 0 Å². The van der Waals surface area contributed by atoms with Gasteiger partial charge in [0.25, 0.3) is 0 Å². The van der Waals surface area contributed by atoms with Crippen LogP contribution in [0.3, 0.4) is 0 Å². The Morgan fingerprint density at radius 2 is 2.11 bits per heavy atom. The molecule has 1 heterocycles. The quantitative estimate of drug-likeness (QED) is 0.535. The Hall–Kier alpha value is -3.85. The number of terminal acetylenes is 1. The molecule has 3 aromatic rings. The van der Waals surface area contributed by atoms with Crippen LogP contribution in [0.4, 0.5) is 22.0 Å². The number of urea groups is 1. The number of nitrogens with zero attached hydrogens (tertiary/aromatic N) is 3. The molecule has 0 spiro atoms. The van der Waals surface area contributed by atoms with Crippen molar-refractivity contribution in [2.75, 3.05) is 24.2 Å². The Balaban J connectivity index is 1.86. The lowest BCUT2D eigenvalue weighted by Gasteiger charge is -2.16. The summed E-state index contributed by atoms with van der Waals surface area (Å²) in [7, 11) is 1.70. The average molecular weight is 357 g/mol. The third kappa shape index (κ3) is 4.22. The van der Waals surface area contributed by atoms with Crippen LogP contribution in [0, 0.1) is 12.3 Å². The zero-order valence-corrected chi connectivity index (χ0v) is 14.9. The number of fused-ring (bicyclic) bond motifs is 1. The summed E-state index contributed by atoms with van der Waals surface area (Å²) in [5, 5.41) is 6.94. The Morgan fingerprint density at radius 1 is 1.26 bits per heavy atom. The van der Waals surface area contributed by atoms with Crippen molar-refractivity contribution in [1.82, 2.24) is 14.9 Å². The monoisotopic (exact) mass is 357 g/mol. The van der Waals surface area contributed by atoms with Gasteiger partial charge >= 0.3 is 6.03 Å². The fourth-order valence-electron chi connectivity index (χ4n) is 2.55. The van der Waals surface area contributed by atoms with E-state index in [0.29, 0.717) is 23.6 Å². The molecule has 6 nitrogen and oxygen atoms in total. The van der Waals surface area contributed by atoms with Crippen molar-refractivity contribution >= 4 is 34.1 Å². The number of carbonyl (C=O) groups excluding carboxylic acids is 1. The number of amides is 2. The summed E-state index contributed by atoms with van der Waals surface area (Å²) in [6.07, 6.45) is 8.60. The van der Waals surface area contributed by atoms with E-state index in [4.69, 9.17) is 6.42 Å². The summed E-state index contributed by atoms with van der Waals surface area (Å²) in [6.45, 7) is 4.09. The SMILES string of the molecule is C#Cc1cccc(Nc2ncnc3cc(NC(=O)N(C)CC=C)ccc23)c1. The number of nitrogens with one attached hydrogen (secondary N) is 2. The largest absolute Gasteiger partial charge is 0.340 e. The number of benzene rings is 2. The predicted octanol–water partition coefficient (Wildman–Crippen LogP) is 4.00. The van der Waals surface area contributed by atoms with Gasteiger partial charge in [0.05, 0.1) is 5.52 Å². The third-order valence-corrected chi connectivity index (χ3v) is 3.93. The maximum Gasteiger partial charge on any atom is 0.321 e. The molecule has 1 aromatic heterocycles. The zero-order valence-electron chi connectivity index (χ0n) is 14.9. The van der Waals surface area contributed by atoms with E-state index in [1.165, 1.54) is 11.2 Å². The molecule has 2 N–H and O–H groups in total. The van der Waals surface area contributed by atoms with Gasteiger partial charge in [0.2, 0.25) is 0 Å². The number of aromatic nitrogens is 2. The lowest BCUT2D eigenvalue weighted by atomic mass is 10.2. The number of likely N-dealkylation sites (N-methyl/N-ethyl adjacent to an activating group) is 1. The summed E-state index contributed by atoms with van der Waals surface area (Å²) in [5.41, 5.74) is 2.99. The minimum Gasteiger partial charge on any atom is -0.340 e. The first-order valence-corrected chi connectivity index (χ1v) is 8.32. The van der Waals surface area contributed by atoms with Crippen LogP contribution in [0.15, 0.2) is 61.4 Å². The van der Waals surface area contributed by atoms with Crippen LogP contribution >= 0.6 is 0 Å². The molecular formula is C21H19N5O. The second-order valence-electron chi connectivity index (χ2n) is 5.90. The van der Waals surface area contributed by atoms with Gasteiger partial charge in [-0.05, 0) is 36.4 Å². The lowest BCUT2D eigenvalue weighted by molar-refractivity contribution is 0.226. The molecule has 0 saturated carbocycles. The fraction of sp³-hybridized carbons (Fsp3) is 0.0952. The molecule has 134 valence electrons. The second-order valence-corrected chi connectivity index (χ2v) is 5.90. The Kier molecular flexibility index (Phi) is 5.33. The highest BCUT2D eigenvalue weighted by molar-refractivity contribution is 5.96. The van der Waals surface area contributed by atoms with E-state index in [-0.39, 0.29) is 6.03 Å². The smallest absolute Gasteiger partial charge is 0.321 e. The van der Waals surface area contributed by atoms with Crippen LogP contribution in [0.2, 0.25) is 0 Å². The molecule has 0 atom stereocenters. The molecule has 0 aliphatic carbocycles. The van der Waals surface area contributed by atoms with Crippen molar-refractivity contribution in [2.45, 2.75) is 0 Å². The van der Waals surface area contributed by atoms with Crippen molar-refractivity contribution in [1.29, 1.82) is 0 Å². The highest BCUT2D eigenvalue weighted by Gasteiger charge is 2.09. The summed E-state index contributed by atoms with van der Waals surface area (Å²) in [6, 6.07) is 12.8. The highest BCUT2D eigenvalue weighted by atomic mass is 16.2. The van der Waals surface area contributed by atoms with Gasteiger partial charge in [-0.25, -0.2) is 14.8 Å². The average Bonchev–Trinajstić information content (AvgIpc) is 2.68. The molecule has 27 heavy (non-hydrogen) atoms. The van der Waals surface area contributed by atoms with Gasteiger partial charge in [-0.3, -0.25) is 0 Å². The van der Waals surface area contributed by atoms with E-state index >= 15 is 0 Å². The van der Waals surface area contributed by atoms with Crippen molar-refractivity contribution in [3.05, 3.63) is 67.0 Å². The standard InChI is InChI=1S/C21H19N5O/c1-4-11-26(3)21(27)25-17-9-10-18-19(13-17)22-14-23-20(18)24-16-8-6-7-15(5-2)12-16/h2,4,6-10,12-14H,1,11H2,3H3,(H,25,27)(H,22,23,24). The van der Waals surface area contributed by atoms with Gasteiger partial charge in [0.1, 0.15) is 12.1 Å². The maximum atomic E-state index is 12.1. The molecule has 2 aromatic carbocycles. The molecule has 0 saturated heterocycles. The lowest BCUT2D eigenvalue weighted by Crippen LogP contribution is -2.31. The minimum absolute atomic E-state index is 0.215. The van der Waals surface area contributed by atoms with E-state index in [1.807, 2.05) is 36.4 Å². The first-order chi connectivity index (χ1) is 13.1. The Morgan fingerprint density at radius 3 is 2.89 bits per heavy atom. The summed E-state index contributed by atoms with van der Waals surface area (Å²) in [5.74, 6) is 3.27. The number of hydrogen-bond donors (Lipinski definition) is 2. The molecule has 0 unspecified atom stereocenters. The number of anilines is 3. The Bertz CT molecular complexity index is 1040. The first kappa shape index (κ1) is 18.0. The molecule has 0 bridgehead atoms. The van der Waals surface area contributed by atoms with Gasteiger partial charge in [0.15, 0.2) is 0 Å². The summed E-state index contributed by atoms with van der Waals surface area (Å²) >= 11 is 0. The van der Waals surface area contributed by atoms with Gasteiger partial charge < -0.3 is 15.5 Å². The predicted molar refractivity (Wildman–Crippen MR) is 109 cm³/mol. The van der Waals surface area contributed by atoms with Crippen LogP contribution in [-0.2, 0) is 0 Å². The molecule has 0 radical (unpaired) electrons. The van der Waals surface area contributed by atoms with Crippen molar-refractivity contribution in [3.63, 3.8) is 0 Å². The topological polar surface area (TPSA) is 70.1 Å². The van der Waals surface area contributed by atoms with E-state index in [2.05, 4.69) is 33.1 Å². The number of carbonyl (C=O) groups is 1. The molecule has 0 fully saturated rings. The minimum atomic E-state index is -0.215. The summed E-state index contributed by atoms with van der Waals surface area (Å²) in [4.78, 5) is 22.3. The van der Waals surface area contributed by atoms with Crippen LogP contribution in [0.1, 0.15) is 5.56 Å². The Labute approximate surface area is 157 Å². The summed E-state index contributed by atoms with van der Waals surface area (Å²) < 4.78 is 0. The van der Waals surface area contributed by atoms with Gasteiger partial charge in [0, 0.05) is 35.9 Å². The zero-order chi connectivity index (χ0) is 19.2. The van der Waals surface area contributed by atoms with E-state index in [0.717, 1.165) is 16.6 Å². The molecule has 0 aliphatic rings. The van der Waals surface area contributed by atoms with E-state index < -0.39 is 0 Å². The number of rotatable bonds is 5. The first-order valence-electron chi connectivity index (χ1n) is 8.32.